The van der Waals surface area contributed by atoms with E-state index in [1.807, 2.05) is 0 Å². The maximum Gasteiger partial charge on any atom is 0.324 e. The summed E-state index contributed by atoms with van der Waals surface area (Å²) < 4.78 is 0. The monoisotopic (exact) mass is 185 g/mol. The summed E-state index contributed by atoms with van der Waals surface area (Å²) in [6.07, 6.45) is 2.62. The molecule has 0 saturated carbocycles. The van der Waals surface area contributed by atoms with Crippen molar-refractivity contribution in [1.29, 1.82) is 0 Å². The number of hydrogen-bond acceptors (Lipinski definition) is 3. The summed E-state index contributed by atoms with van der Waals surface area (Å²) in [7, 11) is 0. The quantitative estimate of drug-likeness (QED) is 0.611. The number of carbonyl (C=O) groups is 1. The summed E-state index contributed by atoms with van der Waals surface area (Å²) in [5.74, 6) is -0.899. The van der Waals surface area contributed by atoms with E-state index in [0.29, 0.717) is 6.54 Å². The number of β-amino-alcohol motifs (C(OH)–C–C–N with tert-alkyl or cyclic N) is 1. The standard InChI is InChI=1S/C9H15NO3/c1-2-8(9(12)13)10-5-3-4-7(11)6-10/h2,7-8,11H,1,3-6H2,(H,12,13). The third kappa shape index (κ3) is 2.54. The number of aliphatic hydroxyl groups is 1. The maximum atomic E-state index is 10.7. The number of carboxylic acids is 1. The largest absolute Gasteiger partial charge is 0.480 e. The number of hydrogen-bond donors (Lipinski definition) is 2. The number of rotatable bonds is 3. The van der Waals surface area contributed by atoms with Gasteiger partial charge in [0.05, 0.1) is 6.10 Å². The lowest BCUT2D eigenvalue weighted by atomic mass is 10.1. The lowest BCUT2D eigenvalue weighted by Crippen LogP contribution is -2.47. The smallest absolute Gasteiger partial charge is 0.324 e. The third-order valence-corrected chi connectivity index (χ3v) is 2.30. The Bertz CT molecular complexity index is 205. The highest BCUT2D eigenvalue weighted by molar-refractivity contribution is 5.75. The van der Waals surface area contributed by atoms with E-state index in [9.17, 15) is 9.90 Å². The van der Waals surface area contributed by atoms with Crippen LogP contribution in [0.2, 0.25) is 0 Å². The Morgan fingerprint density at radius 2 is 2.38 bits per heavy atom. The van der Waals surface area contributed by atoms with Crippen molar-refractivity contribution in [1.82, 2.24) is 4.90 Å². The first kappa shape index (κ1) is 10.2. The van der Waals surface area contributed by atoms with Crippen LogP contribution in [0.4, 0.5) is 0 Å². The van der Waals surface area contributed by atoms with Crippen LogP contribution >= 0.6 is 0 Å². The second-order valence-corrected chi connectivity index (χ2v) is 3.31. The van der Waals surface area contributed by atoms with Crippen molar-refractivity contribution in [3.63, 3.8) is 0 Å². The molecule has 2 unspecified atom stereocenters. The first-order valence-corrected chi connectivity index (χ1v) is 4.42. The Balaban J connectivity index is 2.57. The second-order valence-electron chi connectivity index (χ2n) is 3.31. The summed E-state index contributed by atoms with van der Waals surface area (Å²) >= 11 is 0. The summed E-state index contributed by atoms with van der Waals surface area (Å²) in [4.78, 5) is 12.5. The van der Waals surface area contributed by atoms with Crippen LogP contribution in [0.5, 0.6) is 0 Å². The summed E-state index contributed by atoms with van der Waals surface area (Å²) in [6.45, 7) is 4.63. The van der Waals surface area contributed by atoms with Gasteiger partial charge in [-0.25, -0.2) is 0 Å². The van der Waals surface area contributed by atoms with E-state index in [1.54, 1.807) is 4.90 Å². The van der Waals surface area contributed by atoms with Gasteiger partial charge in [0.15, 0.2) is 0 Å². The molecule has 13 heavy (non-hydrogen) atoms. The van der Waals surface area contributed by atoms with Gasteiger partial charge in [0.1, 0.15) is 6.04 Å². The van der Waals surface area contributed by atoms with Gasteiger partial charge >= 0.3 is 5.97 Å². The molecule has 1 fully saturated rings. The molecule has 0 aliphatic carbocycles. The number of likely N-dealkylation sites (tertiary alicyclic amines) is 1. The van der Waals surface area contributed by atoms with Crippen LogP contribution in [0.3, 0.4) is 0 Å². The highest BCUT2D eigenvalue weighted by Gasteiger charge is 2.26. The predicted octanol–water partition coefficient (Wildman–Crippen LogP) is 0.0823. The highest BCUT2D eigenvalue weighted by Crippen LogP contribution is 2.13. The van der Waals surface area contributed by atoms with Gasteiger partial charge < -0.3 is 10.2 Å². The van der Waals surface area contributed by atoms with Gasteiger partial charge in [0.25, 0.3) is 0 Å². The zero-order valence-corrected chi connectivity index (χ0v) is 7.52. The highest BCUT2D eigenvalue weighted by atomic mass is 16.4. The molecular weight excluding hydrogens is 170 g/mol. The molecule has 4 nitrogen and oxygen atoms in total. The lowest BCUT2D eigenvalue weighted by molar-refractivity contribution is -0.142. The minimum absolute atomic E-state index is 0.393. The van der Waals surface area contributed by atoms with Crippen molar-refractivity contribution in [2.45, 2.75) is 25.0 Å². The topological polar surface area (TPSA) is 60.8 Å². The minimum atomic E-state index is -0.899. The van der Waals surface area contributed by atoms with E-state index in [2.05, 4.69) is 6.58 Å². The molecule has 0 spiro atoms. The van der Waals surface area contributed by atoms with Crippen molar-refractivity contribution in [3.05, 3.63) is 12.7 Å². The Morgan fingerprint density at radius 3 is 2.85 bits per heavy atom. The number of aliphatic hydroxyl groups excluding tert-OH is 1. The van der Waals surface area contributed by atoms with Crippen LogP contribution in [0.25, 0.3) is 0 Å². The zero-order chi connectivity index (χ0) is 9.84. The van der Waals surface area contributed by atoms with Crippen molar-refractivity contribution in [2.75, 3.05) is 13.1 Å². The van der Waals surface area contributed by atoms with Crippen LogP contribution in [-0.4, -0.2) is 46.3 Å². The summed E-state index contributed by atoms with van der Waals surface area (Å²) in [6, 6.07) is -0.657. The first-order valence-electron chi connectivity index (χ1n) is 4.42. The van der Waals surface area contributed by atoms with Gasteiger partial charge in [-0.15, -0.1) is 6.58 Å². The van der Waals surface area contributed by atoms with E-state index in [-0.39, 0.29) is 0 Å². The molecule has 2 N–H and O–H groups in total. The zero-order valence-electron chi connectivity index (χ0n) is 7.52. The van der Waals surface area contributed by atoms with Crippen molar-refractivity contribution >= 4 is 5.97 Å². The molecule has 2 atom stereocenters. The Hall–Kier alpha value is -0.870. The Labute approximate surface area is 77.5 Å². The molecule has 1 aliphatic rings. The van der Waals surface area contributed by atoms with Crippen LogP contribution in [0, 0.1) is 0 Å². The Kier molecular flexibility index (Phi) is 3.45. The average Bonchev–Trinajstić information content (AvgIpc) is 2.04. The van der Waals surface area contributed by atoms with Crippen LogP contribution in [0.1, 0.15) is 12.8 Å². The van der Waals surface area contributed by atoms with Gasteiger partial charge in [-0.2, -0.15) is 0 Å². The molecule has 0 radical (unpaired) electrons. The Morgan fingerprint density at radius 1 is 1.69 bits per heavy atom. The predicted molar refractivity (Wildman–Crippen MR) is 48.4 cm³/mol. The van der Waals surface area contributed by atoms with Crippen molar-refractivity contribution in [3.8, 4) is 0 Å². The molecule has 0 aromatic heterocycles. The van der Waals surface area contributed by atoms with Crippen LogP contribution < -0.4 is 0 Å². The first-order chi connectivity index (χ1) is 6.15. The maximum absolute atomic E-state index is 10.7. The summed E-state index contributed by atoms with van der Waals surface area (Å²) in [5.41, 5.74) is 0. The number of carboxylic acid groups (broad SMARTS) is 1. The lowest BCUT2D eigenvalue weighted by Gasteiger charge is -2.32. The number of piperidine rings is 1. The molecule has 1 rings (SSSR count). The van der Waals surface area contributed by atoms with E-state index in [1.165, 1.54) is 6.08 Å². The molecule has 74 valence electrons. The van der Waals surface area contributed by atoms with Gasteiger partial charge in [-0.1, -0.05) is 6.08 Å². The van der Waals surface area contributed by atoms with Gasteiger partial charge in [0, 0.05) is 6.54 Å². The van der Waals surface area contributed by atoms with E-state index >= 15 is 0 Å². The number of nitrogens with zero attached hydrogens (tertiary/aromatic N) is 1. The van der Waals surface area contributed by atoms with Gasteiger partial charge in [-0.3, -0.25) is 9.69 Å². The minimum Gasteiger partial charge on any atom is -0.480 e. The normalized spacial score (nSPS) is 26.7. The van der Waals surface area contributed by atoms with Crippen LogP contribution in [0.15, 0.2) is 12.7 Å². The van der Waals surface area contributed by atoms with E-state index < -0.39 is 18.1 Å². The van der Waals surface area contributed by atoms with Crippen molar-refractivity contribution in [2.24, 2.45) is 0 Å². The SMILES string of the molecule is C=CC(C(=O)O)N1CCCC(O)C1. The fourth-order valence-corrected chi connectivity index (χ4v) is 1.64. The molecule has 0 aromatic rings. The van der Waals surface area contributed by atoms with Crippen LogP contribution in [-0.2, 0) is 4.79 Å². The molecule has 1 heterocycles. The average molecular weight is 185 g/mol. The molecule has 4 heteroatoms. The summed E-state index contributed by atoms with van der Waals surface area (Å²) in [5, 5.41) is 18.2. The molecule has 0 aromatic carbocycles. The van der Waals surface area contributed by atoms with Crippen molar-refractivity contribution < 1.29 is 15.0 Å². The molecule has 0 bridgehead atoms. The van der Waals surface area contributed by atoms with Gasteiger partial charge in [0.2, 0.25) is 0 Å². The number of aliphatic carboxylic acids is 1. The van der Waals surface area contributed by atoms with Gasteiger partial charge in [-0.05, 0) is 19.4 Å². The molecular formula is C9H15NO3. The molecule has 1 aliphatic heterocycles. The molecule has 0 amide bonds. The second kappa shape index (κ2) is 4.39. The van der Waals surface area contributed by atoms with E-state index in [0.717, 1.165) is 19.4 Å². The fourth-order valence-electron chi connectivity index (χ4n) is 1.64. The fraction of sp³-hybridized carbons (Fsp3) is 0.667. The molecule has 1 saturated heterocycles. The third-order valence-electron chi connectivity index (χ3n) is 2.30. The van der Waals surface area contributed by atoms with E-state index in [4.69, 9.17) is 5.11 Å².